The summed E-state index contributed by atoms with van der Waals surface area (Å²) in [6.45, 7) is 2.05. The molecule has 4 heteroatoms. The topological polar surface area (TPSA) is 37.4 Å². The van der Waals surface area contributed by atoms with Gasteiger partial charge in [0, 0.05) is 16.3 Å². The van der Waals surface area contributed by atoms with Crippen molar-refractivity contribution in [2.75, 3.05) is 4.90 Å². The van der Waals surface area contributed by atoms with Crippen LogP contribution >= 0.6 is 15.9 Å². The Morgan fingerprint density at radius 3 is 1.67 bits per heavy atom. The maximum Gasteiger partial charge on any atom is 0.238 e. The third kappa shape index (κ3) is 2.20. The minimum absolute atomic E-state index is 0.0546. The lowest BCUT2D eigenvalue weighted by atomic mass is 9.55. The Morgan fingerprint density at radius 2 is 1.23 bits per heavy atom. The molecule has 1 aliphatic heterocycles. The van der Waals surface area contributed by atoms with Gasteiger partial charge in [0.1, 0.15) is 0 Å². The van der Waals surface area contributed by atoms with Crippen molar-refractivity contribution in [1.29, 1.82) is 0 Å². The molecule has 1 fully saturated rings. The summed E-state index contributed by atoms with van der Waals surface area (Å²) in [7, 11) is 0. The van der Waals surface area contributed by atoms with Crippen LogP contribution in [0.1, 0.15) is 46.6 Å². The quantitative estimate of drug-likeness (QED) is 0.482. The Bertz CT molecular complexity index is 1120. The average molecular weight is 458 g/mol. The van der Waals surface area contributed by atoms with Gasteiger partial charge in [0.25, 0.3) is 0 Å². The molecule has 0 N–H and O–H groups in total. The summed E-state index contributed by atoms with van der Waals surface area (Å²) in [6, 6.07) is 22.5. The van der Waals surface area contributed by atoms with E-state index in [1.165, 1.54) is 27.2 Å². The molecule has 1 heterocycles. The van der Waals surface area contributed by atoms with E-state index >= 15 is 0 Å². The van der Waals surface area contributed by atoms with Crippen LogP contribution in [0.2, 0.25) is 0 Å². The van der Waals surface area contributed by atoms with Gasteiger partial charge in [-0.1, -0.05) is 71.4 Å². The number of amides is 2. The lowest BCUT2D eigenvalue weighted by Gasteiger charge is -2.45. The zero-order valence-corrected chi connectivity index (χ0v) is 18.1. The van der Waals surface area contributed by atoms with E-state index in [9.17, 15) is 9.59 Å². The minimum atomic E-state index is -0.333. The van der Waals surface area contributed by atoms with Crippen LogP contribution in [0.3, 0.4) is 0 Å². The Balaban J connectivity index is 1.56. The Hall–Kier alpha value is -2.72. The molecule has 7 rings (SSSR count). The van der Waals surface area contributed by atoms with Gasteiger partial charge in [-0.25, -0.2) is 4.90 Å². The number of hydrogen-bond acceptors (Lipinski definition) is 2. The highest BCUT2D eigenvalue weighted by molar-refractivity contribution is 9.10. The second kappa shape index (κ2) is 6.39. The molecule has 3 nitrogen and oxygen atoms in total. The maximum absolute atomic E-state index is 13.8. The number of carbonyl (C=O) groups is 2. The molecule has 1 saturated heterocycles. The normalized spacial score (nSPS) is 25.9. The molecule has 2 amide bonds. The van der Waals surface area contributed by atoms with E-state index in [2.05, 4.69) is 47.1 Å². The molecule has 3 aromatic rings. The van der Waals surface area contributed by atoms with Gasteiger partial charge in [-0.2, -0.15) is 0 Å². The van der Waals surface area contributed by atoms with E-state index < -0.39 is 0 Å². The molecule has 4 aliphatic rings. The SMILES string of the molecule is CCc1cc(Br)ccc1N1C(=O)[C@@H]2C3c4ccccc4C(c4ccccc43)[C@H]2C1=O. The van der Waals surface area contributed by atoms with Crippen molar-refractivity contribution in [2.24, 2.45) is 11.8 Å². The fraction of sp³-hybridized carbons (Fsp3) is 0.231. The molecule has 0 aromatic heterocycles. The van der Waals surface area contributed by atoms with Crippen molar-refractivity contribution in [2.45, 2.75) is 25.2 Å². The van der Waals surface area contributed by atoms with Crippen LogP contribution in [-0.2, 0) is 16.0 Å². The zero-order chi connectivity index (χ0) is 20.6. The van der Waals surface area contributed by atoms with Crippen LogP contribution in [0.4, 0.5) is 5.69 Å². The van der Waals surface area contributed by atoms with Crippen LogP contribution in [0.15, 0.2) is 71.2 Å². The van der Waals surface area contributed by atoms with Gasteiger partial charge in [-0.05, 0) is 52.4 Å². The Labute approximate surface area is 183 Å². The number of nitrogens with zero attached hydrogens (tertiary/aromatic N) is 1. The third-order valence-electron chi connectivity index (χ3n) is 7.11. The smallest absolute Gasteiger partial charge is 0.238 e. The summed E-state index contributed by atoms with van der Waals surface area (Å²) in [5.74, 6) is -0.896. The second-order valence-corrected chi connectivity index (χ2v) is 9.32. The third-order valence-corrected chi connectivity index (χ3v) is 7.61. The molecule has 0 radical (unpaired) electrons. The van der Waals surface area contributed by atoms with E-state index in [0.717, 1.165) is 22.1 Å². The predicted octanol–water partition coefficient (Wildman–Crippen LogP) is 5.41. The van der Waals surface area contributed by atoms with Crippen LogP contribution in [0.5, 0.6) is 0 Å². The largest absolute Gasteiger partial charge is 0.274 e. The number of anilines is 1. The molecular formula is C26H20BrNO2. The molecule has 3 aliphatic carbocycles. The monoisotopic (exact) mass is 457 g/mol. The van der Waals surface area contributed by atoms with Gasteiger partial charge in [0.15, 0.2) is 0 Å². The first kappa shape index (κ1) is 18.1. The molecule has 3 aromatic carbocycles. The molecule has 0 spiro atoms. The number of hydrogen-bond donors (Lipinski definition) is 0. The number of imide groups is 1. The number of aryl methyl sites for hydroxylation is 1. The van der Waals surface area contributed by atoms with E-state index in [1.54, 1.807) is 0 Å². The standard InChI is InChI=1S/C26H20BrNO2/c1-2-14-13-15(27)11-12-20(14)28-25(29)23-21-16-7-3-4-8-17(16)22(24(23)26(28)30)19-10-6-5-9-18(19)21/h3-13,21-24H,2H2,1H3/t21?,22?,23-,24-/m1/s1. The summed E-state index contributed by atoms with van der Waals surface area (Å²) in [6.07, 6.45) is 0.758. The average Bonchev–Trinajstić information content (AvgIpc) is 3.04. The van der Waals surface area contributed by atoms with Crippen molar-refractivity contribution >= 4 is 33.4 Å². The van der Waals surface area contributed by atoms with Crippen molar-refractivity contribution in [1.82, 2.24) is 0 Å². The van der Waals surface area contributed by atoms with Crippen LogP contribution in [0.25, 0.3) is 0 Å². The lowest BCUT2D eigenvalue weighted by molar-refractivity contribution is -0.122. The predicted molar refractivity (Wildman–Crippen MR) is 120 cm³/mol. The molecule has 148 valence electrons. The highest BCUT2D eigenvalue weighted by atomic mass is 79.9. The molecule has 0 unspecified atom stereocenters. The number of rotatable bonds is 2. The van der Waals surface area contributed by atoms with Crippen molar-refractivity contribution < 1.29 is 9.59 Å². The zero-order valence-electron chi connectivity index (χ0n) is 16.5. The summed E-state index contributed by atoms with van der Waals surface area (Å²) >= 11 is 3.52. The van der Waals surface area contributed by atoms with E-state index in [0.29, 0.717) is 0 Å². The van der Waals surface area contributed by atoms with Gasteiger partial charge in [-0.15, -0.1) is 0 Å². The number of benzene rings is 3. The summed E-state index contributed by atoms with van der Waals surface area (Å²) in [5, 5.41) is 0. The molecule has 30 heavy (non-hydrogen) atoms. The van der Waals surface area contributed by atoms with E-state index in [4.69, 9.17) is 0 Å². The van der Waals surface area contributed by atoms with Crippen molar-refractivity contribution in [3.05, 3.63) is 99.0 Å². The molecular weight excluding hydrogens is 438 g/mol. The van der Waals surface area contributed by atoms with Crippen molar-refractivity contribution in [3.63, 3.8) is 0 Å². The Morgan fingerprint density at radius 1 is 0.767 bits per heavy atom. The highest BCUT2D eigenvalue weighted by Crippen LogP contribution is 2.61. The maximum atomic E-state index is 13.8. The summed E-state index contributed by atoms with van der Waals surface area (Å²) in [5.41, 5.74) is 6.56. The molecule has 0 saturated carbocycles. The number of halogens is 1. The van der Waals surface area contributed by atoms with Crippen molar-refractivity contribution in [3.8, 4) is 0 Å². The van der Waals surface area contributed by atoms with Crippen LogP contribution in [-0.4, -0.2) is 11.8 Å². The van der Waals surface area contributed by atoms with Gasteiger partial charge in [0.05, 0.1) is 17.5 Å². The second-order valence-electron chi connectivity index (χ2n) is 8.40. The highest BCUT2D eigenvalue weighted by Gasteiger charge is 2.61. The Kier molecular flexibility index (Phi) is 3.85. The van der Waals surface area contributed by atoms with Gasteiger partial charge >= 0.3 is 0 Å². The molecule has 2 bridgehead atoms. The summed E-state index contributed by atoms with van der Waals surface area (Å²) < 4.78 is 0.958. The van der Waals surface area contributed by atoms with Gasteiger partial charge in [-0.3, -0.25) is 9.59 Å². The van der Waals surface area contributed by atoms with Gasteiger partial charge in [0.2, 0.25) is 11.8 Å². The van der Waals surface area contributed by atoms with Crippen LogP contribution < -0.4 is 4.90 Å². The number of carbonyl (C=O) groups excluding carboxylic acids is 2. The molecule has 2 atom stereocenters. The lowest BCUT2D eigenvalue weighted by Crippen LogP contribution is -2.41. The van der Waals surface area contributed by atoms with Crippen LogP contribution in [0, 0.1) is 11.8 Å². The first-order chi connectivity index (χ1) is 14.6. The first-order valence-corrected chi connectivity index (χ1v) is 11.2. The minimum Gasteiger partial charge on any atom is -0.274 e. The fourth-order valence-electron chi connectivity index (χ4n) is 5.97. The van der Waals surface area contributed by atoms with E-state index in [-0.39, 0.29) is 35.5 Å². The van der Waals surface area contributed by atoms with E-state index in [1.807, 2.05) is 42.5 Å². The first-order valence-electron chi connectivity index (χ1n) is 10.5. The fourth-order valence-corrected chi connectivity index (χ4v) is 6.38. The van der Waals surface area contributed by atoms with Gasteiger partial charge < -0.3 is 0 Å². The summed E-state index contributed by atoms with van der Waals surface area (Å²) in [4.78, 5) is 29.1.